The molecule has 0 radical (unpaired) electrons. The van der Waals surface area contributed by atoms with Gasteiger partial charge in [0.15, 0.2) is 11.6 Å². The molecule has 144 valence electrons. The molecule has 0 bridgehead atoms. The van der Waals surface area contributed by atoms with Crippen LogP contribution in [0.3, 0.4) is 0 Å². The van der Waals surface area contributed by atoms with Gasteiger partial charge in [-0.1, -0.05) is 18.2 Å². The van der Waals surface area contributed by atoms with Crippen molar-refractivity contribution in [2.45, 2.75) is 13.8 Å². The molecule has 7 heteroatoms. The third-order valence-corrected chi connectivity index (χ3v) is 4.43. The van der Waals surface area contributed by atoms with Crippen LogP contribution in [0.1, 0.15) is 21.5 Å². The van der Waals surface area contributed by atoms with E-state index in [1.807, 2.05) is 19.1 Å². The number of carbonyl (C=O) groups is 1. The first-order valence-electron chi connectivity index (χ1n) is 8.72. The second kappa shape index (κ2) is 8.39. The lowest BCUT2D eigenvalue weighted by atomic mass is 10.1. The van der Waals surface area contributed by atoms with Crippen molar-refractivity contribution in [2.24, 2.45) is 0 Å². The molecule has 0 spiro atoms. The van der Waals surface area contributed by atoms with Gasteiger partial charge < -0.3 is 20.1 Å². The van der Waals surface area contributed by atoms with Gasteiger partial charge in [0.1, 0.15) is 17.1 Å². The number of ether oxygens (including phenoxy) is 2. The second-order valence-electron chi connectivity index (χ2n) is 6.17. The Morgan fingerprint density at radius 2 is 1.46 bits per heavy atom. The van der Waals surface area contributed by atoms with Gasteiger partial charge in [0.05, 0.1) is 14.2 Å². The summed E-state index contributed by atoms with van der Waals surface area (Å²) in [5, 5.41) is 14.2. The van der Waals surface area contributed by atoms with E-state index in [-0.39, 0.29) is 5.91 Å². The lowest BCUT2D eigenvalue weighted by Crippen LogP contribution is -2.16. The average Bonchev–Trinajstić information content (AvgIpc) is 2.72. The Bertz CT molecular complexity index is 965. The van der Waals surface area contributed by atoms with Crippen LogP contribution in [0.2, 0.25) is 0 Å². The van der Waals surface area contributed by atoms with Crippen LogP contribution in [-0.4, -0.2) is 30.3 Å². The number of aryl methyl sites for hydroxylation is 1. The number of methoxy groups -OCH3 is 2. The summed E-state index contributed by atoms with van der Waals surface area (Å²) < 4.78 is 10.5. The minimum absolute atomic E-state index is 0.298. The van der Waals surface area contributed by atoms with E-state index < -0.39 is 0 Å². The fourth-order valence-corrected chi connectivity index (χ4v) is 2.74. The van der Waals surface area contributed by atoms with Crippen molar-refractivity contribution in [3.05, 3.63) is 65.2 Å². The van der Waals surface area contributed by atoms with E-state index in [4.69, 9.17) is 9.47 Å². The van der Waals surface area contributed by atoms with Crippen LogP contribution in [0.15, 0.2) is 48.5 Å². The van der Waals surface area contributed by atoms with Gasteiger partial charge in [-0.15, -0.1) is 10.2 Å². The highest BCUT2D eigenvalue weighted by atomic mass is 16.5. The number of hydrogen-bond acceptors (Lipinski definition) is 6. The van der Waals surface area contributed by atoms with Gasteiger partial charge in [-0.3, -0.25) is 4.79 Å². The number of anilines is 3. The van der Waals surface area contributed by atoms with Crippen molar-refractivity contribution < 1.29 is 14.3 Å². The summed E-state index contributed by atoms with van der Waals surface area (Å²) in [6, 6.07) is 14.6. The van der Waals surface area contributed by atoms with Crippen molar-refractivity contribution in [1.29, 1.82) is 0 Å². The number of nitrogens with one attached hydrogen (secondary N) is 2. The molecule has 7 nitrogen and oxygen atoms in total. The lowest BCUT2D eigenvalue weighted by molar-refractivity contribution is 0.102. The Morgan fingerprint density at radius 3 is 2.07 bits per heavy atom. The fraction of sp³-hybridized carbons (Fsp3) is 0.190. The predicted molar refractivity (Wildman–Crippen MR) is 109 cm³/mol. The normalized spacial score (nSPS) is 10.3. The zero-order chi connectivity index (χ0) is 20.1. The van der Waals surface area contributed by atoms with Gasteiger partial charge >= 0.3 is 0 Å². The minimum Gasteiger partial charge on any atom is -0.496 e. The fourth-order valence-electron chi connectivity index (χ4n) is 2.74. The molecule has 1 aromatic heterocycles. The van der Waals surface area contributed by atoms with Crippen molar-refractivity contribution >= 4 is 23.2 Å². The summed E-state index contributed by atoms with van der Waals surface area (Å²) in [4.78, 5) is 12.7. The molecule has 0 aliphatic carbocycles. The summed E-state index contributed by atoms with van der Waals surface area (Å²) in [5.41, 5.74) is 3.59. The number of amides is 1. The first-order valence-corrected chi connectivity index (χ1v) is 8.72. The van der Waals surface area contributed by atoms with E-state index in [1.165, 1.54) is 19.8 Å². The number of rotatable bonds is 6. The van der Waals surface area contributed by atoms with Gasteiger partial charge in [-0.25, -0.2) is 0 Å². The highest BCUT2D eigenvalue weighted by Gasteiger charge is 2.18. The van der Waals surface area contributed by atoms with Gasteiger partial charge in [-0.05, 0) is 55.3 Å². The van der Waals surface area contributed by atoms with Crippen molar-refractivity contribution in [2.75, 3.05) is 24.9 Å². The summed E-state index contributed by atoms with van der Waals surface area (Å²) in [6.45, 7) is 4.09. The van der Waals surface area contributed by atoms with Crippen LogP contribution < -0.4 is 20.1 Å². The largest absolute Gasteiger partial charge is 0.496 e. The number of nitrogens with zero attached hydrogens (tertiary/aromatic N) is 2. The molecule has 0 aliphatic rings. The molecule has 0 saturated carbocycles. The third kappa shape index (κ3) is 4.03. The van der Waals surface area contributed by atoms with E-state index in [2.05, 4.69) is 33.8 Å². The lowest BCUT2D eigenvalue weighted by Gasteiger charge is -2.13. The molecular formula is C21H22N4O3. The Balaban J connectivity index is 1.76. The highest BCUT2D eigenvalue weighted by molar-refractivity contribution is 6.07. The zero-order valence-corrected chi connectivity index (χ0v) is 16.2. The summed E-state index contributed by atoms with van der Waals surface area (Å²) in [6.07, 6.45) is 0. The molecule has 0 atom stereocenters. The molecule has 3 rings (SSSR count). The number of benzene rings is 2. The molecule has 0 aliphatic heterocycles. The van der Waals surface area contributed by atoms with Gasteiger partial charge in [-0.2, -0.15) is 0 Å². The number of carbonyl (C=O) groups excluding carboxylic acids is 1. The maximum atomic E-state index is 12.7. The molecular weight excluding hydrogens is 356 g/mol. The number of aromatic nitrogens is 2. The Kier molecular flexibility index (Phi) is 5.74. The molecule has 1 amide bonds. The molecule has 0 saturated heterocycles. The molecule has 0 unspecified atom stereocenters. The van der Waals surface area contributed by atoms with Crippen LogP contribution in [0.25, 0.3) is 0 Å². The van der Waals surface area contributed by atoms with E-state index in [0.29, 0.717) is 28.7 Å². The maximum Gasteiger partial charge on any atom is 0.264 e. The predicted octanol–water partition coefficient (Wildman–Crippen LogP) is 4.11. The Morgan fingerprint density at radius 1 is 0.857 bits per heavy atom. The monoisotopic (exact) mass is 378 g/mol. The van der Waals surface area contributed by atoms with Crippen LogP contribution in [0.5, 0.6) is 11.5 Å². The standard InChI is InChI=1S/C21H22N4O3/c1-13-7-5-8-15(14(13)2)22-18-11-12-19(25-24-18)23-21(26)20-16(27-3)9-6-10-17(20)28-4/h5-12H,1-4H3,(H,22,24)(H,23,25,26). The van der Waals surface area contributed by atoms with E-state index in [9.17, 15) is 4.79 Å². The third-order valence-electron chi connectivity index (χ3n) is 4.43. The van der Waals surface area contributed by atoms with Gasteiger partial charge in [0.25, 0.3) is 5.91 Å². The number of hydrogen-bond donors (Lipinski definition) is 2. The van der Waals surface area contributed by atoms with Crippen LogP contribution in [0.4, 0.5) is 17.3 Å². The zero-order valence-electron chi connectivity index (χ0n) is 16.2. The smallest absolute Gasteiger partial charge is 0.264 e. The molecule has 2 aromatic carbocycles. The molecule has 0 fully saturated rings. The molecule has 3 aromatic rings. The molecule has 28 heavy (non-hydrogen) atoms. The molecule has 2 N–H and O–H groups in total. The first-order chi connectivity index (χ1) is 13.5. The molecule has 1 heterocycles. The van der Waals surface area contributed by atoms with Crippen molar-refractivity contribution in [3.8, 4) is 11.5 Å². The van der Waals surface area contributed by atoms with E-state index >= 15 is 0 Å². The Hall–Kier alpha value is -3.61. The maximum absolute atomic E-state index is 12.7. The minimum atomic E-state index is -0.390. The van der Waals surface area contributed by atoms with Gasteiger partial charge in [0.2, 0.25) is 0 Å². The summed E-state index contributed by atoms with van der Waals surface area (Å²) in [7, 11) is 3.00. The van der Waals surface area contributed by atoms with E-state index in [1.54, 1.807) is 30.3 Å². The average molecular weight is 378 g/mol. The first kappa shape index (κ1) is 19.2. The summed E-state index contributed by atoms with van der Waals surface area (Å²) in [5.74, 6) is 1.35. The SMILES string of the molecule is COc1cccc(OC)c1C(=O)Nc1ccc(Nc2cccc(C)c2C)nn1. The van der Waals surface area contributed by atoms with Gasteiger partial charge in [0, 0.05) is 5.69 Å². The second-order valence-corrected chi connectivity index (χ2v) is 6.17. The van der Waals surface area contributed by atoms with Crippen LogP contribution in [-0.2, 0) is 0 Å². The topological polar surface area (TPSA) is 85.4 Å². The summed E-state index contributed by atoms with van der Waals surface area (Å²) >= 11 is 0. The Labute approximate surface area is 163 Å². The quantitative estimate of drug-likeness (QED) is 0.671. The van der Waals surface area contributed by atoms with Crippen LogP contribution in [0, 0.1) is 13.8 Å². The van der Waals surface area contributed by atoms with Crippen molar-refractivity contribution in [3.63, 3.8) is 0 Å². The van der Waals surface area contributed by atoms with Crippen LogP contribution >= 0.6 is 0 Å². The van der Waals surface area contributed by atoms with E-state index in [0.717, 1.165) is 11.3 Å². The highest BCUT2D eigenvalue weighted by Crippen LogP contribution is 2.29. The van der Waals surface area contributed by atoms with Crippen molar-refractivity contribution in [1.82, 2.24) is 10.2 Å².